The highest BCUT2D eigenvalue weighted by Crippen LogP contribution is 2.45. The standard InChI is InChI=1S/C46H86O17P2.C9H20.C7H12/c1-5-9-13-16-18-19-20-21-22-23-26-27-31-44(49)57-37-42(63-46(51)33-29-25-17-14-10-6-2)39-61-65(54,55)59-35-40(47)34-58-64(52,53)60-38-41(36-56-43(48)30-12-8-4)62-45(50)32-28-24-15-11-7-3;1-3-5-7-9-8-6-4-2;1-3-5-7-6-4-2/h18-19,40-42,47H,5-17,20-39H2,1-4H3,(H,52,53)(H,54,55);3-9H2,1-2H3;3,5-7H,4H2,1-2H3. The van der Waals surface area contributed by atoms with Crippen LogP contribution in [0.3, 0.4) is 0 Å². The summed E-state index contributed by atoms with van der Waals surface area (Å²) in [6.45, 7) is 12.9. The molecule has 0 rings (SSSR count). The second-order valence-corrected chi connectivity index (χ2v) is 23.5. The Balaban J connectivity index is -0.00000327. The Morgan fingerprint density at radius 3 is 1.06 bits per heavy atom. The van der Waals surface area contributed by atoms with E-state index in [1.807, 2.05) is 26.0 Å². The molecule has 478 valence electrons. The summed E-state index contributed by atoms with van der Waals surface area (Å²) in [4.78, 5) is 70.2. The van der Waals surface area contributed by atoms with E-state index in [2.05, 4.69) is 65.8 Å². The smallest absolute Gasteiger partial charge is 0.462 e. The lowest BCUT2D eigenvalue weighted by Gasteiger charge is -2.21. The fraction of sp³-hybridized carbons (Fsp3) is 0.839. The molecule has 81 heavy (non-hydrogen) atoms. The number of esters is 4. The second-order valence-electron chi connectivity index (χ2n) is 20.6. The third kappa shape index (κ3) is 64.7. The number of carbonyl (C=O) groups is 4. The Morgan fingerprint density at radius 1 is 0.383 bits per heavy atom. The molecular weight excluding hydrogens is 1080 g/mol. The van der Waals surface area contributed by atoms with Crippen molar-refractivity contribution >= 4 is 39.5 Å². The van der Waals surface area contributed by atoms with Gasteiger partial charge < -0.3 is 33.8 Å². The maximum absolute atomic E-state index is 12.7. The molecule has 0 aliphatic carbocycles. The van der Waals surface area contributed by atoms with Gasteiger partial charge in [0.05, 0.1) is 26.4 Å². The first-order valence-electron chi connectivity index (χ1n) is 31.5. The highest BCUT2D eigenvalue weighted by atomic mass is 31.2. The molecule has 0 aliphatic heterocycles. The summed E-state index contributed by atoms with van der Waals surface area (Å²) in [5, 5.41) is 10.3. The van der Waals surface area contributed by atoms with E-state index in [1.54, 1.807) is 0 Å². The van der Waals surface area contributed by atoms with Crippen molar-refractivity contribution in [2.24, 2.45) is 0 Å². The van der Waals surface area contributed by atoms with Crippen LogP contribution in [0.15, 0.2) is 36.5 Å². The zero-order chi connectivity index (χ0) is 60.9. The van der Waals surface area contributed by atoms with E-state index in [0.29, 0.717) is 25.7 Å². The number of unbranched alkanes of at least 4 members (excludes halogenated alkanes) is 24. The van der Waals surface area contributed by atoms with Crippen molar-refractivity contribution in [1.29, 1.82) is 0 Å². The number of ether oxygens (including phenoxy) is 4. The Labute approximate surface area is 492 Å². The van der Waals surface area contributed by atoms with Gasteiger partial charge in [0.25, 0.3) is 0 Å². The van der Waals surface area contributed by atoms with E-state index < -0.39 is 97.5 Å². The number of rotatable bonds is 54. The van der Waals surface area contributed by atoms with Crippen LogP contribution in [0.2, 0.25) is 0 Å². The molecule has 0 aliphatic rings. The van der Waals surface area contributed by atoms with Crippen LogP contribution in [0, 0.1) is 0 Å². The summed E-state index contributed by atoms with van der Waals surface area (Å²) in [6, 6.07) is 0. The van der Waals surface area contributed by atoms with Crippen molar-refractivity contribution in [1.82, 2.24) is 0 Å². The number of hydrogen-bond donors (Lipinski definition) is 3. The van der Waals surface area contributed by atoms with E-state index in [9.17, 15) is 43.2 Å². The average molecular weight is 1200 g/mol. The molecule has 0 aromatic rings. The molecule has 0 saturated carbocycles. The largest absolute Gasteiger partial charge is 0.472 e. The van der Waals surface area contributed by atoms with Gasteiger partial charge in [0.15, 0.2) is 12.2 Å². The monoisotopic (exact) mass is 1200 g/mol. The first-order chi connectivity index (χ1) is 39.0. The lowest BCUT2D eigenvalue weighted by atomic mass is 10.1. The minimum atomic E-state index is -4.92. The summed E-state index contributed by atoms with van der Waals surface area (Å²) in [6.07, 6.45) is 42.0. The van der Waals surface area contributed by atoms with Gasteiger partial charge in [-0.2, -0.15) is 0 Å². The molecule has 0 spiro atoms. The van der Waals surface area contributed by atoms with Gasteiger partial charge in [-0.05, 0) is 64.7 Å². The Hall–Kier alpha value is -2.72. The van der Waals surface area contributed by atoms with Crippen LogP contribution in [0.1, 0.15) is 280 Å². The van der Waals surface area contributed by atoms with Crippen LogP contribution in [-0.2, 0) is 65.4 Å². The predicted molar refractivity (Wildman–Crippen MR) is 326 cm³/mol. The Kier molecular flexibility index (Phi) is 63.0. The molecule has 3 N–H and O–H groups in total. The normalized spacial score (nSPS) is 14.1. The third-order valence-electron chi connectivity index (χ3n) is 12.4. The van der Waals surface area contributed by atoms with Crippen molar-refractivity contribution < 1.29 is 80.2 Å². The van der Waals surface area contributed by atoms with Gasteiger partial charge in [-0.15, -0.1) is 0 Å². The number of hydrogen-bond acceptors (Lipinski definition) is 15. The highest BCUT2D eigenvalue weighted by molar-refractivity contribution is 7.47. The summed E-state index contributed by atoms with van der Waals surface area (Å²) < 4.78 is 66.3. The first kappa shape index (κ1) is 82.5. The van der Waals surface area contributed by atoms with Gasteiger partial charge in [0, 0.05) is 25.7 Å². The maximum Gasteiger partial charge on any atom is 0.472 e. The molecular formula is C62H118O17P2. The predicted octanol–water partition coefficient (Wildman–Crippen LogP) is 17.0. The zero-order valence-corrected chi connectivity index (χ0v) is 53.9. The molecule has 0 fully saturated rings. The highest BCUT2D eigenvalue weighted by Gasteiger charge is 2.30. The average Bonchev–Trinajstić information content (AvgIpc) is 3.44. The topological polar surface area (TPSA) is 237 Å². The van der Waals surface area contributed by atoms with Crippen LogP contribution in [0.25, 0.3) is 0 Å². The lowest BCUT2D eigenvalue weighted by molar-refractivity contribution is -0.161. The second kappa shape index (κ2) is 61.8. The number of aliphatic hydroxyl groups is 1. The van der Waals surface area contributed by atoms with Crippen LogP contribution in [0.4, 0.5) is 0 Å². The Morgan fingerprint density at radius 2 is 0.691 bits per heavy atom. The van der Waals surface area contributed by atoms with Crippen LogP contribution >= 0.6 is 15.6 Å². The number of allylic oxidation sites excluding steroid dienone is 6. The number of phosphoric acid groups is 2. The van der Waals surface area contributed by atoms with Gasteiger partial charge in [-0.1, -0.05) is 226 Å². The fourth-order valence-corrected chi connectivity index (χ4v) is 9.06. The van der Waals surface area contributed by atoms with Gasteiger partial charge in [0.1, 0.15) is 19.3 Å². The molecule has 0 saturated heterocycles. The van der Waals surface area contributed by atoms with E-state index in [-0.39, 0.29) is 25.7 Å². The molecule has 0 bridgehead atoms. The molecule has 5 atom stereocenters. The summed E-state index contributed by atoms with van der Waals surface area (Å²) in [7, 11) is -9.82. The molecule has 0 aromatic heterocycles. The third-order valence-corrected chi connectivity index (χ3v) is 14.3. The molecule has 0 heterocycles. The molecule has 19 heteroatoms. The molecule has 0 radical (unpaired) electrons. The van der Waals surface area contributed by atoms with Crippen LogP contribution in [0.5, 0.6) is 0 Å². The molecule has 5 unspecified atom stereocenters. The fourth-order valence-electron chi connectivity index (χ4n) is 7.49. The van der Waals surface area contributed by atoms with Crippen molar-refractivity contribution in [2.45, 2.75) is 298 Å². The van der Waals surface area contributed by atoms with Crippen LogP contribution < -0.4 is 0 Å². The van der Waals surface area contributed by atoms with E-state index in [1.165, 1.54) is 64.2 Å². The lowest BCUT2D eigenvalue weighted by Crippen LogP contribution is -2.30. The van der Waals surface area contributed by atoms with Crippen LogP contribution in [-0.4, -0.2) is 96.7 Å². The summed E-state index contributed by atoms with van der Waals surface area (Å²) in [5.74, 6) is -2.23. The molecule has 17 nitrogen and oxygen atoms in total. The maximum atomic E-state index is 12.7. The molecule has 0 aromatic carbocycles. The van der Waals surface area contributed by atoms with Crippen molar-refractivity contribution in [3.63, 3.8) is 0 Å². The van der Waals surface area contributed by atoms with Crippen molar-refractivity contribution in [2.75, 3.05) is 39.6 Å². The van der Waals surface area contributed by atoms with E-state index in [4.69, 9.17) is 37.0 Å². The number of aliphatic hydroxyl groups excluding tert-OH is 1. The minimum Gasteiger partial charge on any atom is -0.462 e. The summed E-state index contributed by atoms with van der Waals surface area (Å²) >= 11 is 0. The Bertz CT molecular complexity index is 1630. The quantitative estimate of drug-likeness (QED) is 0.0128. The van der Waals surface area contributed by atoms with E-state index >= 15 is 0 Å². The van der Waals surface area contributed by atoms with Gasteiger partial charge in [-0.25, -0.2) is 9.13 Å². The zero-order valence-electron chi connectivity index (χ0n) is 52.1. The molecule has 0 amide bonds. The van der Waals surface area contributed by atoms with Crippen molar-refractivity contribution in [3.05, 3.63) is 36.5 Å². The number of carbonyl (C=O) groups excluding carboxylic acids is 4. The summed E-state index contributed by atoms with van der Waals surface area (Å²) in [5.41, 5.74) is 0. The van der Waals surface area contributed by atoms with Gasteiger partial charge in [0.2, 0.25) is 0 Å². The number of phosphoric ester groups is 2. The van der Waals surface area contributed by atoms with Gasteiger partial charge in [-0.3, -0.25) is 37.3 Å². The van der Waals surface area contributed by atoms with E-state index in [0.717, 1.165) is 109 Å². The minimum absolute atomic E-state index is 0.0958. The SMILES string of the molecule is CC=CC=CCC.CCCCCC=CCCCCCCCC(=O)OCC(COP(=O)(O)OCC(O)COP(=O)(O)OCC(COC(=O)CCCC)OC(=O)CCCCCCC)OC(=O)CCCCCCCC.CCCCCCCCC. The first-order valence-corrected chi connectivity index (χ1v) is 34.5. The van der Waals surface area contributed by atoms with Crippen molar-refractivity contribution in [3.8, 4) is 0 Å². The van der Waals surface area contributed by atoms with Gasteiger partial charge >= 0.3 is 39.5 Å².